The van der Waals surface area contributed by atoms with E-state index >= 15 is 0 Å². The topological polar surface area (TPSA) is 29.5 Å². The first-order valence-corrected chi connectivity index (χ1v) is 3.67. The molecule has 0 aliphatic carbocycles. The summed E-state index contributed by atoms with van der Waals surface area (Å²) in [5.41, 5.74) is 0.0172. The SMILES string of the molecule is [2H]C([2H])([2H])C(=CCCC(OO)C(=C)C)C([2H])([2H])[2H]. The number of hydrogen-bond donors (Lipinski definition) is 1. The first-order chi connectivity index (χ1) is 8.00. The van der Waals surface area contributed by atoms with Gasteiger partial charge in [0.05, 0.1) is 0 Å². The van der Waals surface area contributed by atoms with Crippen molar-refractivity contribution in [3.8, 4) is 0 Å². The van der Waals surface area contributed by atoms with E-state index in [1.165, 1.54) is 0 Å². The number of hydrogen-bond acceptors (Lipinski definition) is 2. The van der Waals surface area contributed by atoms with Crippen LogP contribution >= 0.6 is 0 Å². The van der Waals surface area contributed by atoms with Gasteiger partial charge in [-0.05, 0) is 39.0 Å². The normalized spacial score (nSPS) is 21.8. The van der Waals surface area contributed by atoms with E-state index in [2.05, 4.69) is 11.5 Å². The van der Waals surface area contributed by atoms with Crippen molar-refractivity contribution in [1.29, 1.82) is 0 Å². The maximum absolute atomic E-state index is 8.58. The summed E-state index contributed by atoms with van der Waals surface area (Å²) in [6.07, 6.45) is 0.969. The maximum atomic E-state index is 8.58. The van der Waals surface area contributed by atoms with Crippen LogP contribution in [-0.2, 0) is 4.89 Å². The molecule has 0 aliphatic heterocycles. The highest BCUT2D eigenvalue weighted by Crippen LogP contribution is 2.10. The van der Waals surface area contributed by atoms with Crippen molar-refractivity contribution in [3.05, 3.63) is 23.8 Å². The molecule has 0 aliphatic rings. The van der Waals surface area contributed by atoms with Crippen LogP contribution in [0.15, 0.2) is 23.8 Å². The lowest BCUT2D eigenvalue weighted by molar-refractivity contribution is -0.269. The van der Waals surface area contributed by atoms with E-state index in [0.29, 0.717) is 5.57 Å². The van der Waals surface area contributed by atoms with E-state index in [1.54, 1.807) is 6.92 Å². The average molecular weight is 176 g/mol. The van der Waals surface area contributed by atoms with Gasteiger partial charge in [-0.1, -0.05) is 18.2 Å². The van der Waals surface area contributed by atoms with Gasteiger partial charge >= 0.3 is 0 Å². The number of rotatable bonds is 5. The van der Waals surface area contributed by atoms with Crippen molar-refractivity contribution in [3.63, 3.8) is 0 Å². The minimum absolute atomic E-state index is 0.171. The first kappa shape index (κ1) is 4.58. The molecule has 0 radical (unpaired) electrons. The molecule has 0 saturated carbocycles. The van der Waals surface area contributed by atoms with Crippen LogP contribution in [0.4, 0.5) is 0 Å². The maximum Gasteiger partial charge on any atom is 0.113 e. The summed E-state index contributed by atoms with van der Waals surface area (Å²) >= 11 is 0. The lowest BCUT2D eigenvalue weighted by Crippen LogP contribution is -2.10. The summed E-state index contributed by atoms with van der Waals surface area (Å²) in [5, 5.41) is 8.58. The predicted octanol–water partition coefficient (Wildman–Crippen LogP) is 3.17. The summed E-state index contributed by atoms with van der Waals surface area (Å²) in [5.74, 6) is 0. The lowest BCUT2D eigenvalue weighted by atomic mass is 10.1. The van der Waals surface area contributed by atoms with Crippen LogP contribution < -0.4 is 0 Å². The third-order valence-corrected chi connectivity index (χ3v) is 1.45. The van der Waals surface area contributed by atoms with Crippen LogP contribution in [0.1, 0.15) is 41.7 Å². The smallest absolute Gasteiger partial charge is 0.113 e. The third kappa shape index (κ3) is 5.10. The Labute approximate surface area is 82.9 Å². The van der Waals surface area contributed by atoms with Gasteiger partial charge in [-0.2, -0.15) is 0 Å². The van der Waals surface area contributed by atoms with E-state index in [1.807, 2.05) is 0 Å². The van der Waals surface area contributed by atoms with Gasteiger partial charge in [0.2, 0.25) is 0 Å². The Morgan fingerprint density at radius 3 is 2.83 bits per heavy atom. The highest BCUT2D eigenvalue weighted by molar-refractivity contribution is 5.00. The molecule has 0 rings (SSSR count). The van der Waals surface area contributed by atoms with Crippen LogP contribution in [0, 0.1) is 0 Å². The molecule has 0 aromatic rings. The minimum Gasteiger partial charge on any atom is -0.251 e. The van der Waals surface area contributed by atoms with Crippen molar-refractivity contribution in [2.24, 2.45) is 0 Å². The van der Waals surface area contributed by atoms with Gasteiger partial charge in [-0.25, -0.2) is 4.89 Å². The van der Waals surface area contributed by atoms with E-state index < -0.39 is 25.4 Å². The molecular weight excluding hydrogens is 152 g/mol. The van der Waals surface area contributed by atoms with E-state index in [4.69, 9.17) is 13.5 Å². The van der Waals surface area contributed by atoms with Gasteiger partial charge in [0.25, 0.3) is 0 Å². The summed E-state index contributed by atoms with van der Waals surface area (Å²) in [6.45, 7) is -0.0521. The molecule has 0 aromatic carbocycles. The highest BCUT2D eigenvalue weighted by atomic mass is 17.1. The van der Waals surface area contributed by atoms with E-state index in [9.17, 15) is 0 Å². The second kappa shape index (κ2) is 5.98. The second-order valence-electron chi connectivity index (χ2n) is 2.64. The second-order valence-corrected chi connectivity index (χ2v) is 2.64. The van der Waals surface area contributed by atoms with Gasteiger partial charge in [0, 0.05) is 8.22 Å². The fraction of sp³-hybridized carbons (Fsp3) is 0.600. The first-order valence-electron chi connectivity index (χ1n) is 6.67. The zero-order chi connectivity index (χ0) is 14.6. The molecule has 0 spiro atoms. The molecule has 0 saturated heterocycles. The molecule has 12 heavy (non-hydrogen) atoms. The van der Waals surface area contributed by atoms with Gasteiger partial charge < -0.3 is 0 Å². The van der Waals surface area contributed by atoms with Crippen molar-refractivity contribution in [2.45, 2.75) is 39.6 Å². The Balaban J connectivity index is 4.77. The van der Waals surface area contributed by atoms with Crippen LogP contribution in [-0.4, -0.2) is 11.4 Å². The summed E-state index contributed by atoms with van der Waals surface area (Å²) in [6, 6.07) is 0. The van der Waals surface area contributed by atoms with Crippen LogP contribution in [0.2, 0.25) is 0 Å². The Hall–Kier alpha value is -0.600. The van der Waals surface area contributed by atoms with Crippen LogP contribution in [0.3, 0.4) is 0 Å². The lowest BCUT2D eigenvalue weighted by Gasteiger charge is -2.11. The monoisotopic (exact) mass is 176 g/mol. The molecular formula is C10H18O2. The Kier molecular flexibility index (Phi) is 2.28. The molecule has 0 heterocycles. The van der Waals surface area contributed by atoms with Gasteiger partial charge in [0.15, 0.2) is 0 Å². The summed E-state index contributed by atoms with van der Waals surface area (Å²) in [7, 11) is 0. The molecule has 2 nitrogen and oxygen atoms in total. The Morgan fingerprint density at radius 2 is 2.42 bits per heavy atom. The molecule has 0 fully saturated rings. The summed E-state index contributed by atoms with van der Waals surface area (Å²) in [4.78, 5) is 4.15. The van der Waals surface area contributed by atoms with Crippen molar-refractivity contribution >= 4 is 0 Å². The molecule has 0 bridgehead atoms. The van der Waals surface area contributed by atoms with Crippen LogP contribution in [0.5, 0.6) is 0 Å². The van der Waals surface area contributed by atoms with Gasteiger partial charge in [0.1, 0.15) is 6.10 Å². The molecule has 1 unspecified atom stereocenters. The van der Waals surface area contributed by atoms with Crippen molar-refractivity contribution < 1.29 is 18.4 Å². The van der Waals surface area contributed by atoms with E-state index in [0.717, 1.165) is 6.08 Å². The molecule has 2 heteroatoms. The van der Waals surface area contributed by atoms with Gasteiger partial charge in [-0.3, -0.25) is 5.26 Å². The zero-order valence-electron chi connectivity index (χ0n) is 13.1. The largest absolute Gasteiger partial charge is 0.251 e. The van der Waals surface area contributed by atoms with Gasteiger partial charge in [-0.15, -0.1) is 0 Å². The molecule has 1 N–H and O–H groups in total. The van der Waals surface area contributed by atoms with E-state index in [-0.39, 0.29) is 12.8 Å². The van der Waals surface area contributed by atoms with Crippen LogP contribution in [0.25, 0.3) is 0 Å². The Morgan fingerprint density at radius 1 is 1.75 bits per heavy atom. The molecule has 1 atom stereocenters. The molecule has 70 valence electrons. The quantitative estimate of drug-likeness (QED) is 0.396. The highest BCUT2D eigenvalue weighted by Gasteiger charge is 2.07. The predicted molar refractivity (Wildman–Crippen MR) is 51.0 cm³/mol. The van der Waals surface area contributed by atoms with Crippen molar-refractivity contribution in [2.75, 3.05) is 0 Å². The average Bonchev–Trinajstić information content (AvgIpc) is 2.12. The zero-order valence-corrected chi connectivity index (χ0v) is 7.13. The summed E-state index contributed by atoms with van der Waals surface area (Å²) < 4.78 is 43.0. The molecule has 0 aromatic heterocycles. The fourth-order valence-corrected chi connectivity index (χ4v) is 0.768. The minimum atomic E-state index is -2.65. The van der Waals surface area contributed by atoms with Crippen molar-refractivity contribution in [1.82, 2.24) is 0 Å². The Bertz CT molecular complexity index is 299. The third-order valence-electron chi connectivity index (χ3n) is 1.45. The standard InChI is InChI=1S/C10H18O2/c1-8(2)6-5-7-10(12-11)9(3)4/h6,10-11H,3,5,7H2,1-2,4H3/i1D3,2D3. The molecule has 0 amide bonds. The fourth-order valence-electron chi connectivity index (χ4n) is 0.768. The number of allylic oxidation sites excluding steroid dienone is 2.